The largest absolute Gasteiger partial charge is 0.387 e. The van der Waals surface area contributed by atoms with Crippen molar-refractivity contribution in [2.45, 2.75) is 37.8 Å². The number of H-pyrrole nitrogens is 1. The van der Waals surface area contributed by atoms with Crippen molar-refractivity contribution < 1.29 is 14.9 Å². The highest BCUT2D eigenvalue weighted by molar-refractivity contribution is 5.87. The number of nitrogen functional groups attached to an aromatic ring is 1. The zero-order valence-electron chi connectivity index (χ0n) is 10.7. The first-order valence-corrected chi connectivity index (χ1v) is 6.06. The number of hydrogen-bond donors (Lipinski definition) is 4. The van der Waals surface area contributed by atoms with Crippen molar-refractivity contribution in [3.05, 3.63) is 18.1 Å². The summed E-state index contributed by atoms with van der Waals surface area (Å²) in [4.78, 5) is 11.0. The predicted molar refractivity (Wildman–Crippen MR) is 68.2 cm³/mol. The summed E-state index contributed by atoms with van der Waals surface area (Å²) in [5, 5.41) is 20.4. The van der Waals surface area contributed by atoms with Crippen molar-refractivity contribution in [1.29, 1.82) is 0 Å². The molecule has 0 bridgehead atoms. The number of nitrogens with two attached hydrogens (primary N) is 1. The van der Waals surface area contributed by atoms with Crippen molar-refractivity contribution in [2.24, 2.45) is 0 Å². The minimum absolute atomic E-state index is 0.336. The molecule has 1 aliphatic heterocycles. The third kappa shape index (κ3) is 1.62. The topological polar surface area (TPSA) is 117 Å². The third-order valence-electron chi connectivity index (χ3n) is 3.73. The lowest BCUT2D eigenvalue weighted by atomic mass is 9.90. The molecule has 2 aromatic rings. The van der Waals surface area contributed by atoms with E-state index in [1.165, 1.54) is 6.33 Å². The first-order chi connectivity index (χ1) is 8.93. The van der Waals surface area contributed by atoms with Crippen LogP contribution in [0.15, 0.2) is 12.5 Å². The molecule has 0 aromatic carbocycles. The van der Waals surface area contributed by atoms with E-state index < -0.39 is 23.9 Å². The van der Waals surface area contributed by atoms with Gasteiger partial charge in [-0.1, -0.05) is 0 Å². The van der Waals surface area contributed by atoms with Crippen molar-refractivity contribution >= 4 is 16.9 Å². The lowest BCUT2D eigenvalue weighted by molar-refractivity contribution is -0.0641. The first kappa shape index (κ1) is 12.3. The maximum atomic E-state index is 10.4. The second-order valence-corrected chi connectivity index (χ2v) is 5.12. The van der Waals surface area contributed by atoms with Crippen LogP contribution in [0, 0.1) is 0 Å². The SMILES string of the molecule is C[C@H]1O[C@@H](c2c[nH]c3c(N)ncnc23)[C@](C)(O)[C@@H]1O. The van der Waals surface area contributed by atoms with E-state index in [-0.39, 0.29) is 0 Å². The van der Waals surface area contributed by atoms with Gasteiger partial charge >= 0.3 is 0 Å². The summed E-state index contributed by atoms with van der Waals surface area (Å²) in [5.41, 5.74) is 6.24. The Hall–Kier alpha value is -1.70. The van der Waals surface area contributed by atoms with Gasteiger partial charge in [-0.3, -0.25) is 0 Å². The van der Waals surface area contributed by atoms with Crippen LogP contribution in [0.2, 0.25) is 0 Å². The molecule has 7 nitrogen and oxygen atoms in total. The number of ether oxygens (including phenoxy) is 1. The van der Waals surface area contributed by atoms with Crippen LogP contribution in [0.5, 0.6) is 0 Å². The molecule has 0 spiro atoms. The average molecular weight is 264 g/mol. The monoisotopic (exact) mass is 264 g/mol. The van der Waals surface area contributed by atoms with E-state index in [1.54, 1.807) is 20.0 Å². The van der Waals surface area contributed by atoms with Gasteiger partial charge in [-0.2, -0.15) is 0 Å². The predicted octanol–water partition coefficient (Wildman–Crippen LogP) is 0.112. The van der Waals surface area contributed by atoms with Crippen LogP contribution in [0.1, 0.15) is 25.5 Å². The Kier molecular flexibility index (Phi) is 2.53. The van der Waals surface area contributed by atoms with E-state index >= 15 is 0 Å². The number of fused-ring (bicyclic) bond motifs is 1. The van der Waals surface area contributed by atoms with Gasteiger partial charge in [0.05, 0.1) is 11.6 Å². The minimum atomic E-state index is -1.38. The molecule has 1 fully saturated rings. The third-order valence-corrected chi connectivity index (χ3v) is 3.73. The molecule has 3 rings (SSSR count). The standard InChI is InChI=1S/C12H16N4O3/c1-5-9(17)12(2,18)10(19-5)6-3-14-8-7(6)15-4-16-11(8)13/h3-5,9-10,14,17-18H,1-2H3,(H2,13,15,16)/t5-,9-,10+,12-/m1/s1. The van der Waals surface area contributed by atoms with Crippen LogP contribution in [-0.2, 0) is 4.74 Å². The van der Waals surface area contributed by atoms with Crippen LogP contribution in [0.3, 0.4) is 0 Å². The molecule has 0 amide bonds. The van der Waals surface area contributed by atoms with Crippen molar-refractivity contribution in [2.75, 3.05) is 5.73 Å². The van der Waals surface area contributed by atoms with Gasteiger partial charge < -0.3 is 25.7 Å². The van der Waals surface area contributed by atoms with Gasteiger partial charge in [-0.05, 0) is 13.8 Å². The summed E-state index contributed by atoms with van der Waals surface area (Å²) < 4.78 is 5.66. The normalized spacial score (nSPS) is 35.1. The van der Waals surface area contributed by atoms with E-state index in [2.05, 4.69) is 15.0 Å². The second kappa shape index (κ2) is 3.89. The van der Waals surface area contributed by atoms with Gasteiger partial charge in [0.1, 0.15) is 29.7 Å². The fourth-order valence-electron chi connectivity index (χ4n) is 2.62. The smallest absolute Gasteiger partial charge is 0.151 e. The number of nitrogens with one attached hydrogen (secondary N) is 1. The van der Waals surface area contributed by atoms with Gasteiger partial charge in [-0.25, -0.2) is 9.97 Å². The molecule has 7 heteroatoms. The summed E-state index contributed by atoms with van der Waals surface area (Å²) in [6.45, 7) is 3.27. The zero-order valence-corrected chi connectivity index (χ0v) is 10.7. The molecule has 19 heavy (non-hydrogen) atoms. The number of rotatable bonds is 1. The lowest BCUT2D eigenvalue weighted by Gasteiger charge is -2.26. The molecule has 0 saturated carbocycles. The molecular weight excluding hydrogens is 248 g/mol. The maximum Gasteiger partial charge on any atom is 0.151 e. The quantitative estimate of drug-likeness (QED) is 0.581. The van der Waals surface area contributed by atoms with Crippen molar-refractivity contribution in [3.63, 3.8) is 0 Å². The molecule has 102 valence electrons. The van der Waals surface area contributed by atoms with E-state index in [0.717, 1.165) is 0 Å². The van der Waals surface area contributed by atoms with E-state index in [1.807, 2.05) is 0 Å². The first-order valence-electron chi connectivity index (χ1n) is 6.06. The Labute approximate surface area is 109 Å². The van der Waals surface area contributed by atoms with Crippen LogP contribution in [0.4, 0.5) is 5.82 Å². The number of aromatic amines is 1. The van der Waals surface area contributed by atoms with Crippen molar-refractivity contribution in [1.82, 2.24) is 15.0 Å². The number of aromatic nitrogens is 3. The highest BCUT2D eigenvalue weighted by Gasteiger charge is 2.51. The molecule has 2 aromatic heterocycles. The maximum absolute atomic E-state index is 10.4. The van der Waals surface area contributed by atoms with Gasteiger partial charge in [0, 0.05) is 11.8 Å². The van der Waals surface area contributed by atoms with Gasteiger partial charge in [-0.15, -0.1) is 0 Å². The number of hydrogen-bond acceptors (Lipinski definition) is 6. The highest BCUT2D eigenvalue weighted by atomic mass is 16.5. The average Bonchev–Trinajstić information content (AvgIpc) is 2.86. The molecule has 1 aliphatic rings. The summed E-state index contributed by atoms with van der Waals surface area (Å²) in [7, 11) is 0. The summed E-state index contributed by atoms with van der Waals surface area (Å²) in [6.07, 6.45) is 0.962. The molecule has 5 N–H and O–H groups in total. The van der Waals surface area contributed by atoms with E-state index in [9.17, 15) is 10.2 Å². The summed E-state index contributed by atoms with van der Waals surface area (Å²) in [6, 6.07) is 0. The Balaban J connectivity index is 2.13. The van der Waals surface area contributed by atoms with Crippen molar-refractivity contribution in [3.8, 4) is 0 Å². The molecular formula is C12H16N4O3. The lowest BCUT2D eigenvalue weighted by Crippen LogP contribution is -2.41. The molecule has 1 saturated heterocycles. The van der Waals surface area contributed by atoms with Crippen LogP contribution in [-0.4, -0.2) is 43.0 Å². The van der Waals surface area contributed by atoms with E-state index in [0.29, 0.717) is 22.4 Å². The Morgan fingerprint density at radius 3 is 2.84 bits per heavy atom. The zero-order chi connectivity index (χ0) is 13.8. The Morgan fingerprint density at radius 1 is 1.47 bits per heavy atom. The van der Waals surface area contributed by atoms with Gasteiger partial charge in [0.15, 0.2) is 5.82 Å². The Bertz CT molecular complexity index is 624. The number of anilines is 1. The highest BCUT2D eigenvalue weighted by Crippen LogP contribution is 2.43. The van der Waals surface area contributed by atoms with Crippen LogP contribution in [0.25, 0.3) is 11.0 Å². The number of aliphatic hydroxyl groups is 2. The minimum Gasteiger partial charge on any atom is -0.387 e. The molecule has 3 heterocycles. The molecule has 0 unspecified atom stereocenters. The van der Waals surface area contributed by atoms with Gasteiger partial charge in [0.2, 0.25) is 0 Å². The number of aliphatic hydroxyl groups excluding tert-OH is 1. The van der Waals surface area contributed by atoms with Crippen LogP contribution < -0.4 is 5.73 Å². The summed E-state index contributed by atoms with van der Waals surface area (Å²) >= 11 is 0. The molecule has 0 radical (unpaired) electrons. The van der Waals surface area contributed by atoms with Crippen LogP contribution >= 0.6 is 0 Å². The Morgan fingerprint density at radius 2 is 2.21 bits per heavy atom. The fraction of sp³-hybridized carbons (Fsp3) is 0.500. The number of nitrogens with zero attached hydrogens (tertiary/aromatic N) is 2. The van der Waals surface area contributed by atoms with E-state index in [4.69, 9.17) is 10.5 Å². The second-order valence-electron chi connectivity index (χ2n) is 5.12. The van der Waals surface area contributed by atoms with Gasteiger partial charge in [0.25, 0.3) is 0 Å². The molecule has 4 atom stereocenters. The summed E-state index contributed by atoms with van der Waals surface area (Å²) in [5.74, 6) is 0.336. The fourth-order valence-corrected chi connectivity index (χ4v) is 2.62. The molecule has 0 aliphatic carbocycles.